The van der Waals surface area contributed by atoms with E-state index < -0.39 is 4.92 Å². The summed E-state index contributed by atoms with van der Waals surface area (Å²) in [6.45, 7) is -0.151. The molecule has 0 bridgehead atoms. The molecule has 21 heavy (non-hydrogen) atoms. The lowest BCUT2D eigenvalue weighted by Crippen LogP contribution is -2.34. The van der Waals surface area contributed by atoms with E-state index in [4.69, 9.17) is 4.84 Å². The number of nitro benzene ring substituents is 1. The summed E-state index contributed by atoms with van der Waals surface area (Å²) in [5.41, 5.74) is 0.526. The molecule has 1 fully saturated rings. The van der Waals surface area contributed by atoms with Gasteiger partial charge >= 0.3 is 0 Å². The Morgan fingerprint density at radius 2 is 2.24 bits per heavy atom. The number of nitrogens with zero attached hydrogens (tertiary/aromatic N) is 2. The molecule has 1 aromatic rings. The average molecular weight is 291 g/mol. The lowest BCUT2D eigenvalue weighted by Gasteiger charge is -2.10. The third-order valence-corrected chi connectivity index (χ3v) is 3.27. The molecule has 112 valence electrons. The zero-order valence-corrected chi connectivity index (χ0v) is 11.5. The Bertz CT molecular complexity index is 539. The van der Waals surface area contributed by atoms with Crippen molar-refractivity contribution in [2.75, 3.05) is 6.61 Å². The summed E-state index contributed by atoms with van der Waals surface area (Å²) in [6.07, 6.45) is 5.68. The van der Waals surface area contributed by atoms with Crippen LogP contribution in [0, 0.1) is 10.1 Å². The lowest BCUT2D eigenvalue weighted by atomic mass is 10.2. The normalized spacial score (nSPS) is 15.2. The van der Waals surface area contributed by atoms with Crippen molar-refractivity contribution in [1.29, 1.82) is 0 Å². The van der Waals surface area contributed by atoms with Gasteiger partial charge in [-0.15, -0.1) is 0 Å². The molecular weight excluding hydrogens is 274 g/mol. The number of nitrogens with one attached hydrogen (secondary N) is 1. The molecular formula is C14H17N3O4. The van der Waals surface area contributed by atoms with Crippen LogP contribution in [0.2, 0.25) is 0 Å². The molecule has 1 saturated carbocycles. The first-order chi connectivity index (χ1) is 10.1. The molecule has 0 aromatic heterocycles. The summed E-state index contributed by atoms with van der Waals surface area (Å²) in [5.74, 6) is -0.196. The number of carbonyl (C=O) groups is 1. The van der Waals surface area contributed by atoms with Crippen molar-refractivity contribution in [2.45, 2.75) is 31.7 Å². The van der Waals surface area contributed by atoms with Crippen molar-refractivity contribution in [2.24, 2.45) is 5.16 Å². The molecule has 2 rings (SSSR count). The first kappa shape index (κ1) is 15.0. The number of hydrogen-bond donors (Lipinski definition) is 1. The van der Waals surface area contributed by atoms with Crippen LogP contribution in [0.1, 0.15) is 31.2 Å². The number of oxime groups is 1. The van der Waals surface area contributed by atoms with Crippen LogP contribution in [-0.4, -0.2) is 29.7 Å². The average Bonchev–Trinajstić information content (AvgIpc) is 2.97. The Labute approximate surface area is 122 Å². The van der Waals surface area contributed by atoms with E-state index in [0.29, 0.717) is 5.56 Å². The minimum Gasteiger partial charge on any atom is -0.386 e. The predicted molar refractivity (Wildman–Crippen MR) is 77.0 cm³/mol. The van der Waals surface area contributed by atoms with Gasteiger partial charge in [-0.05, 0) is 12.8 Å². The first-order valence-electron chi connectivity index (χ1n) is 6.84. The highest BCUT2D eigenvalue weighted by molar-refractivity contribution is 5.80. The van der Waals surface area contributed by atoms with Gasteiger partial charge in [0.1, 0.15) is 0 Å². The fraction of sp³-hybridized carbons (Fsp3) is 0.429. The fourth-order valence-electron chi connectivity index (χ4n) is 2.25. The van der Waals surface area contributed by atoms with Crippen LogP contribution in [0.15, 0.2) is 29.4 Å². The van der Waals surface area contributed by atoms with E-state index >= 15 is 0 Å². The Morgan fingerprint density at radius 3 is 2.95 bits per heavy atom. The molecule has 0 atom stereocenters. The third-order valence-electron chi connectivity index (χ3n) is 3.27. The first-order valence-corrected chi connectivity index (χ1v) is 6.84. The van der Waals surface area contributed by atoms with Gasteiger partial charge in [-0.25, -0.2) is 0 Å². The molecule has 1 aromatic carbocycles. The van der Waals surface area contributed by atoms with Crippen LogP contribution >= 0.6 is 0 Å². The second-order valence-corrected chi connectivity index (χ2v) is 4.91. The quantitative estimate of drug-likeness (QED) is 0.493. The van der Waals surface area contributed by atoms with Gasteiger partial charge in [0.25, 0.3) is 11.6 Å². The van der Waals surface area contributed by atoms with E-state index in [1.54, 1.807) is 12.1 Å². The minimum atomic E-state index is -0.479. The van der Waals surface area contributed by atoms with Crippen LogP contribution in [0.3, 0.4) is 0 Å². The zero-order valence-electron chi connectivity index (χ0n) is 11.5. The van der Waals surface area contributed by atoms with E-state index in [9.17, 15) is 14.9 Å². The lowest BCUT2D eigenvalue weighted by molar-refractivity contribution is -0.384. The maximum Gasteiger partial charge on any atom is 0.270 e. The number of rotatable bonds is 6. The van der Waals surface area contributed by atoms with Gasteiger partial charge in [0.05, 0.1) is 11.1 Å². The van der Waals surface area contributed by atoms with Gasteiger partial charge in [-0.1, -0.05) is 30.1 Å². The summed E-state index contributed by atoms with van der Waals surface area (Å²) in [6, 6.07) is 6.26. The zero-order chi connectivity index (χ0) is 15.1. The van der Waals surface area contributed by atoms with E-state index in [2.05, 4.69) is 10.5 Å². The van der Waals surface area contributed by atoms with Crippen molar-refractivity contribution < 1.29 is 14.6 Å². The van der Waals surface area contributed by atoms with Gasteiger partial charge in [0, 0.05) is 23.7 Å². The molecule has 7 nitrogen and oxygen atoms in total. The van der Waals surface area contributed by atoms with Crippen LogP contribution < -0.4 is 5.32 Å². The number of nitro groups is 1. The fourth-order valence-corrected chi connectivity index (χ4v) is 2.25. The summed E-state index contributed by atoms with van der Waals surface area (Å²) >= 11 is 0. The highest BCUT2D eigenvalue weighted by Crippen LogP contribution is 2.17. The van der Waals surface area contributed by atoms with Gasteiger partial charge in [0.2, 0.25) is 0 Å². The standard InChI is InChI=1S/C14H17N3O4/c18-14(16-12-5-1-2-6-12)10-21-15-9-11-4-3-7-13(8-11)17(19)20/h3-4,7-9,12H,1-2,5-6,10H2,(H,16,18)/b15-9-. The SMILES string of the molecule is O=C(CO/N=C\c1cccc([N+](=O)[O-])c1)NC1CCCC1. The molecule has 7 heteroatoms. The highest BCUT2D eigenvalue weighted by Gasteiger charge is 2.16. The molecule has 0 heterocycles. The monoisotopic (exact) mass is 291 g/mol. The van der Waals surface area contributed by atoms with E-state index in [-0.39, 0.29) is 24.2 Å². The molecule has 1 amide bonds. The van der Waals surface area contributed by atoms with Gasteiger partial charge < -0.3 is 10.2 Å². The Hall–Kier alpha value is -2.44. The molecule has 0 saturated heterocycles. The summed E-state index contributed by atoms with van der Waals surface area (Å²) in [7, 11) is 0. The van der Waals surface area contributed by atoms with Crippen molar-refractivity contribution in [3.8, 4) is 0 Å². The van der Waals surface area contributed by atoms with Crippen molar-refractivity contribution in [1.82, 2.24) is 5.32 Å². The van der Waals surface area contributed by atoms with Crippen LogP contribution in [-0.2, 0) is 9.63 Å². The third kappa shape index (κ3) is 4.87. The highest BCUT2D eigenvalue weighted by atomic mass is 16.6. The number of amides is 1. The summed E-state index contributed by atoms with van der Waals surface area (Å²) in [5, 5.41) is 17.1. The molecule has 0 unspecified atom stereocenters. The molecule has 1 N–H and O–H groups in total. The molecule has 0 aliphatic heterocycles. The summed E-state index contributed by atoms with van der Waals surface area (Å²) < 4.78 is 0. The molecule has 0 spiro atoms. The van der Waals surface area contributed by atoms with Crippen molar-refractivity contribution >= 4 is 17.8 Å². The smallest absolute Gasteiger partial charge is 0.270 e. The number of carbonyl (C=O) groups excluding carboxylic acids is 1. The number of non-ortho nitro benzene ring substituents is 1. The Balaban J connectivity index is 1.75. The second-order valence-electron chi connectivity index (χ2n) is 4.91. The maximum atomic E-state index is 11.6. The van der Waals surface area contributed by atoms with Crippen molar-refractivity contribution in [3.05, 3.63) is 39.9 Å². The van der Waals surface area contributed by atoms with E-state index in [1.165, 1.54) is 18.3 Å². The second kappa shape index (κ2) is 7.37. The van der Waals surface area contributed by atoms with Crippen LogP contribution in [0.5, 0.6) is 0 Å². The minimum absolute atomic E-state index is 0.0158. The van der Waals surface area contributed by atoms with E-state index in [1.807, 2.05) is 0 Å². The van der Waals surface area contributed by atoms with Gasteiger partial charge in [0.15, 0.2) is 6.61 Å². The molecule has 1 aliphatic carbocycles. The van der Waals surface area contributed by atoms with Crippen LogP contribution in [0.4, 0.5) is 5.69 Å². The van der Waals surface area contributed by atoms with Gasteiger partial charge in [-0.3, -0.25) is 14.9 Å². The molecule has 1 aliphatic rings. The largest absolute Gasteiger partial charge is 0.386 e. The van der Waals surface area contributed by atoms with E-state index in [0.717, 1.165) is 25.7 Å². The van der Waals surface area contributed by atoms with Gasteiger partial charge in [-0.2, -0.15) is 0 Å². The van der Waals surface area contributed by atoms with Crippen molar-refractivity contribution in [3.63, 3.8) is 0 Å². The Kier molecular flexibility index (Phi) is 5.25. The molecule has 0 radical (unpaired) electrons. The maximum absolute atomic E-state index is 11.6. The number of hydrogen-bond acceptors (Lipinski definition) is 5. The topological polar surface area (TPSA) is 93.8 Å². The number of benzene rings is 1. The Morgan fingerprint density at radius 1 is 1.48 bits per heavy atom. The summed E-state index contributed by atoms with van der Waals surface area (Å²) in [4.78, 5) is 26.6. The van der Waals surface area contributed by atoms with Crippen LogP contribution in [0.25, 0.3) is 0 Å². The predicted octanol–water partition coefficient (Wildman–Crippen LogP) is 2.00.